The highest BCUT2D eigenvalue weighted by atomic mass is 16.5. The third kappa shape index (κ3) is 1.45. The van der Waals surface area contributed by atoms with Crippen molar-refractivity contribution in [3.8, 4) is 6.07 Å². The van der Waals surface area contributed by atoms with Gasteiger partial charge in [0, 0.05) is 11.8 Å². The van der Waals surface area contributed by atoms with Crippen LogP contribution in [0.15, 0.2) is 0 Å². The Bertz CT molecular complexity index is 226. The summed E-state index contributed by atoms with van der Waals surface area (Å²) in [6, 6.07) is 2.25. The van der Waals surface area contributed by atoms with Gasteiger partial charge in [-0.25, -0.2) is 0 Å². The molecule has 3 nitrogen and oxygen atoms in total. The zero-order valence-corrected chi connectivity index (χ0v) is 7.83. The molecular weight excluding hydrogens is 164 g/mol. The fraction of sp³-hybridized carbons (Fsp3) is 0.900. The van der Waals surface area contributed by atoms with Crippen LogP contribution >= 0.6 is 0 Å². The molecule has 0 aromatic heterocycles. The molecule has 0 radical (unpaired) electrons. The molecule has 3 heteroatoms. The number of nitrogens with two attached hydrogens (primary N) is 1. The van der Waals surface area contributed by atoms with Gasteiger partial charge in [0.15, 0.2) is 0 Å². The van der Waals surface area contributed by atoms with E-state index in [1.165, 1.54) is 0 Å². The first kappa shape index (κ1) is 8.98. The number of nitriles is 1. The van der Waals surface area contributed by atoms with Crippen molar-refractivity contribution in [1.82, 2.24) is 0 Å². The molecule has 1 unspecified atom stereocenters. The summed E-state index contributed by atoms with van der Waals surface area (Å²) in [6.07, 6.45) is 5.30. The van der Waals surface area contributed by atoms with E-state index in [4.69, 9.17) is 15.7 Å². The number of hydrogen-bond acceptors (Lipinski definition) is 3. The Morgan fingerprint density at radius 3 is 2.54 bits per heavy atom. The van der Waals surface area contributed by atoms with Crippen LogP contribution in [0.1, 0.15) is 32.1 Å². The van der Waals surface area contributed by atoms with E-state index in [0.717, 1.165) is 32.3 Å². The Kier molecular flexibility index (Phi) is 2.27. The first-order chi connectivity index (χ1) is 6.27. The van der Waals surface area contributed by atoms with E-state index in [-0.39, 0.29) is 11.6 Å². The van der Waals surface area contributed by atoms with Gasteiger partial charge in [-0.2, -0.15) is 5.26 Å². The summed E-state index contributed by atoms with van der Waals surface area (Å²) in [5, 5.41) is 8.57. The maximum Gasteiger partial charge on any atom is 0.113 e. The first-order valence-corrected chi connectivity index (χ1v) is 5.01. The summed E-state index contributed by atoms with van der Waals surface area (Å²) in [6.45, 7) is 0.841. The summed E-state index contributed by atoms with van der Waals surface area (Å²) >= 11 is 0. The molecule has 1 heterocycles. The van der Waals surface area contributed by atoms with E-state index in [2.05, 4.69) is 6.07 Å². The van der Waals surface area contributed by atoms with Gasteiger partial charge in [-0.3, -0.25) is 0 Å². The van der Waals surface area contributed by atoms with Crippen molar-refractivity contribution >= 4 is 0 Å². The summed E-state index contributed by atoms with van der Waals surface area (Å²) < 4.78 is 5.23. The number of nitrogens with zero attached hydrogens (tertiary/aromatic N) is 1. The minimum atomic E-state index is -0.0319. The second-order valence-corrected chi connectivity index (χ2v) is 4.40. The van der Waals surface area contributed by atoms with Gasteiger partial charge >= 0.3 is 0 Å². The van der Waals surface area contributed by atoms with Gasteiger partial charge in [0.25, 0.3) is 0 Å². The second kappa shape index (κ2) is 3.28. The lowest BCUT2D eigenvalue weighted by molar-refractivity contribution is -0.201. The smallest absolute Gasteiger partial charge is 0.113 e. The Morgan fingerprint density at radius 2 is 2.15 bits per heavy atom. The van der Waals surface area contributed by atoms with Crippen LogP contribution in [-0.2, 0) is 4.74 Å². The Morgan fingerprint density at radius 1 is 1.46 bits per heavy atom. The van der Waals surface area contributed by atoms with E-state index in [1.807, 2.05) is 0 Å². The molecule has 0 amide bonds. The number of rotatable bonds is 1. The maximum absolute atomic E-state index is 8.57. The van der Waals surface area contributed by atoms with Crippen molar-refractivity contribution in [2.24, 2.45) is 17.1 Å². The minimum Gasteiger partial charge on any atom is -0.362 e. The van der Waals surface area contributed by atoms with Gasteiger partial charge in [0.2, 0.25) is 0 Å². The van der Waals surface area contributed by atoms with Crippen LogP contribution in [0.2, 0.25) is 0 Å². The van der Waals surface area contributed by atoms with E-state index >= 15 is 0 Å². The average molecular weight is 180 g/mol. The van der Waals surface area contributed by atoms with E-state index in [1.54, 1.807) is 0 Å². The van der Waals surface area contributed by atoms with Crippen molar-refractivity contribution in [1.29, 1.82) is 5.26 Å². The van der Waals surface area contributed by atoms with Crippen LogP contribution in [0.4, 0.5) is 0 Å². The van der Waals surface area contributed by atoms with Crippen LogP contribution in [0.25, 0.3) is 0 Å². The van der Waals surface area contributed by atoms with Gasteiger partial charge < -0.3 is 10.5 Å². The monoisotopic (exact) mass is 180 g/mol. The molecule has 1 atom stereocenters. The molecule has 0 aromatic carbocycles. The Labute approximate surface area is 78.9 Å². The van der Waals surface area contributed by atoms with Gasteiger partial charge in [-0.1, -0.05) is 0 Å². The molecule has 2 N–H and O–H groups in total. The van der Waals surface area contributed by atoms with E-state index in [0.29, 0.717) is 12.3 Å². The summed E-state index contributed by atoms with van der Waals surface area (Å²) in [5.41, 5.74) is 6.10. The average Bonchev–Trinajstić information content (AvgIpc) is 2.17. The lowest BCUT2D eigenvalue weighted by atomic mass is 9.67. The van der Waals surface area contributed by atoms with Crippen LogP contribution in [0, 0.1) is 22.7 Å². The highest BCUT2D eigenvalue weighted by Crippen LogP contribution is 2.47. The molecule has 1 saturated carbocycles. The van der Waals surface area contributed by atoms with Gasteiger partial charge in [0.1, 0.15) is 6.23 Å². The quantitative estimate of drug-likeness (QED) is 0.663. The van der Waals surface area contributed by atoms with Crippen molar-refractivity contribution in [2.45, 2.75) is 38.3 Å². The number of ether oxygens (including phenoxy) is 1. The minimum absolute atomic E-state index is 0.0319. The van der Waals surface area contributed by atoms with Crippen molar-refractivity contribution < 1.29 is 4.74 Å². The predicted molar refractivity (Wildman–Crippen MR) is 48.5 cm³/mol. The zero-order chi connectivity index (χ0) is 9.31. The molecule has 72 valence electrons. The van der Waals surface area contributed by atoms with Gasteiger partial charge in [-0.05, 0) is 31.6 Å². The highest BCUT2D eigenvalue weighted by Gasteiger charge is 2.47. The fourth-order valence-corrected chi connectivity index (χ4v) is 2.43. The second-order valence-electron chi connectivity index (χ2n) is 4.40. The predicted octanol–water partition coefficient (Wildman–Crippen LogP) is 1.39. The topological polar surface area (TPSA) is 59.0 Å². The van der Waals surface area contributed by atoms with E-state index in [9.17, 15) is 0 Å². The standard InChI is InChI=1S/C10H16N2O/c11-6-3-8-1-4-10(5-2-8)7-13-9(10)12/h8-9H,1-5,7,12H2. The summed E-state index contributed by atoms with van der Waals surface area (Å²) in [4.78, 5) is 0. The molecule has 2 fully saturated rings. The van der Waals surface area contributed by atoms with E-state index < -0.39 is 0 Å². The lowest BCUT2D eigenvalue weighted by Gasteiger charge is -2.50. The van der Waals surface area contributed by atoms with Crippen LogP contribution in [0.3, 0.4) is 0 Å². The molecule has 1 saturated heterocycles. The van der Waals surface area contributed by atoms with Crippen LogP contribution in [0.5, 0.6) is 0 Å². The van der Waals surface area contributed by atoms with Gasteiger partial charge in [0.05, 0.1) is 12.7 Å². The summed E-state index contributed by atoms with van der Waals surface area (Å²) in [5.74, 6) is 0.614. The maximum atomic E-state index is 8.57. The highest BCUT2D eigenvalue weighted by molar-refractivity contribution is 4.96. The zero-order valence-electron chi connectivity index (χ0n) is 7.83. The van der Waals surface area contributed by atoms with Crippen molar-refractivity contribution in [2.75, 3.05) is 6.61 Å². The normalized spacial score (nSPS) is 44.0. The molecule has 13 heavy (non-hydrogen) atoms. The molecule has 0 bridgehead atoms. The fourth-order valence-electron chi connectivity index (χ4n) is 2.43. The lowest BCUT2D eigenvalue weighted by Crippen LogP contribution is -2.58. The summed E-state index contributed by atoms with van der Waals surface area (Å²) in [7, 11) is 0. The Hall–Kier alpha value is -0.590. The molecule has 0 aromatic rings. The van der Waals surface area contributed by atoms with Crippen LogP contribution in [-0.4, -0.2) is 12.8 Å². The molecular formula is C10H16N2O. The number of hydrogen-bond donors (Lipinski definition) is 1. The molecule has 1 spiro atoms. The van der Waals surface area contributed by atoms with Crippen LogP contribution < -0.4 is 5.73 Å². The van der Waals surface area contributed by atoms with Gasteiger partial charge in [-0.15, -0.1) is 0 Å². The third-order valence-electron chi connectivity index (χ3n) is 3.63. The molecule has 1 aliphatic heterocycles. The molecule has 2 rings (SSSR count). The molecule has 1 aliphatic carbocycles. The first-order valence-electron chi connectivity index (χ1n) is 5.01. The largest absolute Gasteiger partial charge is 0.362 e. The third-order valence-corrected chi connectivity index (χ3v) is 3.63. The Balaban J connectivity index is 1.86. The van der Waals surface area contributed by atoms with Crippen molar-refractivity contribution in [3.63, 3.8) is 0 Å². The van der Waals surface area contributed by atoms with Crippen molar-refractivity contribution in [3.05, 3.63) is 0 Å². The molecule has 2 aliphatic rings. The SMILES string of the molecule is N#CCC1CCC2(CC1)COC2N.